The largest absolute Gasteiger partial charge is 0.497 e. The summed E-state index contributed by atoms with van der Waals surface area (Å²) in [5.41, 5.74) is 0.669. The molecule has 7 heteroatoms. The molecular formula is C21H21NO5S. The van der Waals surface area contributed by atoms with Gasteiger partial charge in [-0.05, 0) is 49.2 Å². The van der Waals surface area contributed by atoms with Gasteiger partial charge in [0.1, 0.15) is 11.3 Å². The van der Waals surface area contributed by atoms with E-state index in [-0.39, 0.29) is 16.6 Å². The predicted molar refractivity (Wildman–Crippen MR) is 105 cm³/mol. The number of rotatable bonds is 4. The Bertz CT molecular complexity index is 1060. The number of benzene rings is 2. The highest BCUT2D eigenvalue weighted by Gasteiger charge is 2.33. The van der Waals surface area contributed by atoms with Crippen molar-refractivity contribution in [3.05, 3.63) is 60.4 Å². The first-order valence-electron chi connectivity index (χ1n) is 9.15. The fourth-order valence-electron chi connectivity index (χ4n) is 3.57. The zero-order valence-electron chi connectivity index (χ0n) is 15.5. The molecule has 0 radical (unpaired) electrons. The predicted octanol–water partition coefficient (Wildman–Crippen LogP) is 3.52. The van der Waals surface area contributed by atoms with E-state index in [1.54, 1.807) is 35.2 Å². The van der Waals surface area contributed by atoms with Gasteiger partial charge in [-0.15, -0.1) is 0 Å². The number of hydrogen-bond donors (Lipinski definition) is 0. The maximum Gasteiger partial charge on any atom is 0.289 e. The molecule has 0 aliphatic carbocycles. The summed E-state index contributed by atoms with van der Waals surface area (Å²) in [7, 11) is -1.90. The van der Waals surface area contributed by atoms with Gasteiger partial charge in [-0.25, -0.2) is 8.42 Å². The Labute approximate surface area is 163 Å². The van der Waals surface area contributed by atoms with Crippen LogP contribution in [-0.4, -0.2) is 44.7 Å². The maximum absolute atomic E-state index is 12.9. The average Bonchev–Trinajstić information content (AvgIpc) is 3.17. The molecule has 28 heavy (non-hydrogen) atoms. The Morgan fingerprint density at radius 2 is 1.75 bits per heavy atom. The second kappa shape index (κ2) is 7.31. The summed E-state index contributed by atoms with van der Waals surface area (Å²) in [6.07, 6.45) is 0.806. The zero-order chi connectivity index (χ0) is 19.7. The minimum absolute atomic E-state index is 0.198. The Morgan fingerprint density at radius 3 is 2.39 bits per heavy atom. The molecule has 0 unspecified atom stereocenters. The van der Waals surface area contributed by atoms with E-state index >= 15 is 0 Å². The molecule has 146 valence electrons. The molecular weight excluding hydrogens is 378 g/mol. The lowest BCUT2D eigenvalue weighted by atomic mass is 10.1. The first kappa shape index (κ1) is 18.6. The number of carbonyl (C=O) groups excluding carboxylic acids is 1. The monoisotopic (exact) mass is 399 g/mol. The van der Waals surface area contributed by atoms with Crippen molar-refractivity contribution in [2.45, 2.75) is 23.0 Å². The molecule has 1 amide bonds. The number of sulfone groups is 1. The molecule has 2 heterocycles. The third-order valence-corrected chi connectivity index (χ3v) is 7.47. The van der Waals surface area contributed by atoms with E-state index < -0.39 is 15.1 Å². The molecule has 0 spiro atoms. The van der Waals surface area contributed by atoms with Crippen LogP contribution in [0.15, 0.2) is 63.9 Å². The molecule has 6 nitrogen and oxygen atoms in total. The number of nitrogens with zero attached hydrogens (tertiary/aromatic N) is 1. The topological polar surface area (TPSA) is 76.8 Å². The van der Waals surface area contributed by atoms with Crippen molar-refractivity contribution < 1.29 is 22.4 Å². The summed E-state index contributed by atoms with van der Waals surface area (Å²) in [6, 6.07) is 15.6. The van der Waals surface area contributed by atoms with Gasteiger partial charge in [-0.3, -0.25) is 4.79 Å². The quantitative estimate of drug-likeness (QED) is 0.671. The van der Waals surface area contributed by atoms with Crippen molar-refractivity contribution >= 4 is 26.7 Å². The number of ether oxygens (including phenoxy) is 1. The minimum Gasteiger partial charge on any atom is -0.497 e. The van der Waals surface area contributed by atoms with Crippen LogP contribution in [0.4, 0.5) is 0 Å². The van der Waals surface area contributed by atoms with Crippen LogP contribution in [0.1, 0.15) is 23.4 Å². The van der Waals surface area contributed by atoms with Crippen molar-refractivity contribution in [1.29, 1.82) is 0 Å². The number of likely N-dealkylation sites (tertiary alicyclic amines) is 1. The molecule has 0 bridgehead atoms. The summed E-state index contributed by atoms with van der Waals surface area (Å²) in [5.74, 6) is 0.708. The van der Waals surface area contributed by atoms with Crippen LogP contribution in [-0.2, 0) is 9.84 Å². The summed E-state index contributed by atoms with van der Waals surface area (Å²) in [4.78, 5) is 14.7. The van der Waals surface area contributed by atoms with Crippen molar-refractivity contribution in [3.63, 3.8) is 0 Å². The van der Waals surface area contributed by atoms with Gasteiger partial charge in [0.25, 0.3) is 5.91 Å². The molecule has 0 N–H and O–H groups in total. The van der Waals surface area contributed by atoms with Gasteiger partial charge in [-0.2, -0.15) is 0 Å². The highest BCUT2D eigenvalue weighted by atomic mass is 32.2. The summed E-state index contributed by atoms with van der Waals surface area (Å²) < 4.78 is 36.5. The lowest BCUT2D eigenvalue weighted by molar-refractivity contribution is 0.0696. The van der Waals surface area contributed by atoms with E-state index in [9.17, 15) is 13.2 Å². The van der Waals surface area contributed by atoms with E-state index in [4.69, 9.17) is 9.15 Å². The molecule has 4 rings (SSSR count). The lowest BCUT2D eigenvalue weighted by Gasteiger charge is -2.31. The Morgan fingerprint density at radius 1 is 1.07 bits per heavy atom. The van der Waals surface area contributed by atoms with E-state index in [0.717, 1.165) is 5.39 Å². The average molecular weight is 399 g/mol. The van der Waals surface area contributed by atoms with Crippen LogP contribution in [0, 0.1) is 0 Å². The molecule has 1 aliphatic rings. The normalized spacial score (nSPS) is 15.7. The van der Waals surface area contributed by atoms with Crippen LogP contribution in [0.5, 0.6) is 5.75 Å². The van der Waals surface area contributed by atoms with Gasteiger partial charge < -0.3 is 14.1 Å². The Hall–Kier alpha value is -2.80. The summed E-state index contributed by atoms with van der Waals surface area (Å²) >= 11 is 0. The number of hydrogen-bond acceptors (Lipinski definition) is 5. The standard InChI is InChI=1S/C21H21NO5S/c1-26-16-6-8-17(9-7-16)28(24,25)18-10-12-22(13-11-18)21(23)20-14-15-4-2-3-5-19(15)27-20/h2-9,14,18H,10-13H2,1H3. The smallest absolute Gasteiger partial charge is 0.289 e. The van der Waals surface area contributed by atoms with Gasteiger partial charge in [0.05, 0.1) is 17.3 Å². The van der Waals surface area contributed by atoms with Crippen LogP contribution < -0.4 is 4.74 Å². The zero-order valence-corrected chi connectivity index (χ0v) is 16.3. The lowest BCUT2D eigenvalue weighted by Crippen LogP contribution is -2.42. The Kier molecular flexibility index (Phi) is 4.85. The van der Waals surface area contributed by atoms with Crippen LogP contribution in [0.2, 0.25) is 0 Å². The third kappa shape index (κ3) is 3.38. The molecule has 1 saturated heterocycles. The number of piperidine rings is 1. The van der Waals surface area contributed by atoms with E-state index in [0.29, 0.717) is 37.3 Å². The SMILES string of the molecule is COc1ccc(S(=O)(=O)C2CCN(C(=O)c3cc4ccccc4o3)CC2)cc1. The minimum atomic E-state index is -3.44. The highest BCUT2D eigenvalue weighted by molar-refractivity contribution is 7.92. The molecule has 1 aromatic heterocycles. The number of amides is 1. The van der Waals surface area contributed by atoms with Crippen LogP contribution >= 0.6 is 0 Å². The molecule has 0 atom stereocenters. The molecule has 1 fully saturated rings. The number of furan rings is 1. The summed E-state index contributed by atoms with van der Waals surface area (Å²) in [5, 5.41) is 0.378. The number of carbonyl (C=O) groups is 1. The van der Waals surface area contributed by atoms with Crippen molar-refractivity contribution in [3.8, 4) is 5.75 Å². The fourth-order valence-corrected chi connectivity index (χ4v) is 5.30. The second-order valence-electron chi connectivity index (χ2n) is 6.86. The van der Waals surface area contributed by atoms with Crippen molar-refractivity contribution in [1.82, 2.24) is 4.90 Å². The molecule has 1 aliphatic heterocycles. The van der Waals surface area contributed by atoms with E-state index in [1.807, 2.05) is 24.3 Å². The van der Waals surface area contributed by atoms with Crippen molar-refractivity contribution in [2.75, 3.05) is 20.2 Å². The van der Waals surface area contributed by atoms with E-state index in [2.05, 4.69) is 0 Å². The van der Waals surface area contributed by atoms with Crippen LogP contribution in [0.3, 0.4) is 0 Å². The van der Waals surface area contributed by atoms with Gasteiger partial charge in [0.2, 0.25) is 0 Å². The van der Waals surface area contributed by atoms with E-state index in [1.165, 1.54) is 7.11 Å². The maximum atomic E-state index is 12.9. The highest BCUT2D eigenvalue weighted by Crippen LogP contribution is 2.27. The Balaban J connectivity index is 1.45. The first-order valence-corrected chi connectivity index (χ1v) is 10.7. The van der Waals surface area contributed by atoms with Gasteiger partial charge in [0.15, 0.2) is 15.6 Å². The number of fused-ring (bicyclic) bond motifs is 1. The first-order chi connectivity index (χ1) is 13.5. The number of methoxy groups -OCH3 is 1. The fraction of sp³-hybridized carbons (Fsp3) is 0.286. The molecule has 0 saturated carbocycles. The van der Waals surface area contributed by atoms with Gasteiger partial charge in [0, 0.05) is 18.5 Å². The molecule has 2 aromatic carbocycles. The van der Waals surface area contributed by atoms with Crippen LogP contribution in [0.25, 0.3) is 11.0 Å². The number of para-hydroxylation sites is 1. The second-order valence-corrected chi connectivity index (χ2v) is 9.09. The van der Waals surface area contributed by atoms with Crippen molar-refractivity contribution in [2.24, 2.45) is 0 Å². The van der Waals surface area contributed by atoms with Gasteiger partial charge >= 0.3 is 0 Å². The third-order valence-electron chi connectivity index (χ3n) is 5.19. The molecule has 3 aromatic rings. The summed E-state index contributed by atoms with van der Waals surface area (Å²) in [6.45, 7) is 0.770. The van der Waals surface area contributed by atoms with Gasteiger partial charge in [-0.1, -0.05) is 18.2 Å².